The minimum absolute atomic E-state index is 0.204. The maximum Gasteiger partial charge on any atom is 0.137 e. The first-order chi connectivity index (χ1) is 50.0. The number of thiol groups is 2. The lowest BCUT2D eigenvalue weighted by molar-refractivity contribution is -0.124. The molecule has 108 heavy (non-hydrogen) atoms. The van der Waals surface area contributed by atoms with Crippen molar-refractivity contribution in [3.05, 3.63) is 66.2 Å². The Kier molecular flexibility index (Phi) is 315. The summed E-state index contributed by atoms with van der Waals surface area (Å²) in [5.41, 5.74) is 21.3. The van der Waals surface area contributed by atoms with Gasteiger partial charge in [-0.2, -0.15) is 0 Å². The number of carbonyl (C=O) groups is 1. The molecule has 0 aliphatic heterocycles. The predicted molar refractivity (Wildman–Crippen MR) is 550 cm³/mol. The second kappa shape index (κ2) is 182. The number of rotatable bonds is 12. The average Bonchev–Trinajstić information content (AvgIpc) is 1.15. The van der Waals surface area contributed by atoms with Gasteiger partial charge in [0.2, 0.25) is 0 Å². The summed E-state index contributed by atoms with van der Waals surface area (Å²) in [6.07, 6.45) is 0. The molecule has 0 saturated carbocycles. The summed E-state index contributed by atoms with van der Waals surface area (Å²) < 4.78 is 0. The molecule has 0 amide bonds. The Hall–Kier alpha value is -2.23. The van der Waals surface area contributed by atoms with Crippen molar-refractivity contribution < 1.29 is 15.0 Å². The zero-order valence-corrected chi connectivity index (χ0v) is 93.3. The SMILES string of the molecule is CC.CC.CC.CC.CC.CC.CC.CC.CC.CC.CC.CC.CC.CC.CC.CC.CC.CC.CC(C)=C(N)C(C)C.CC(C)=C(N)C(C)C.CC(C)=C(O)C(C)C.CC(C)=C(O)C(C)C.CC(C)=C(S)C(C)C.CC(C)=C(S)C(C)C.CC(C)C(=N)C(C)C.CC(C)C(=O)C(C)C.CC(C)C(=S)C(C)C. The molecule has 6 nitrogen and oxygen atoms in total. The predicted octanol–water partition coefficient (Wildman–Crippen LogP) is 39.8. The number of hydrogen-bond acceptors (Lipinski definition) is 9. The van der Waals surface area contributed by atoms with E-state index in [1.54, 1.807) is 0 Å². The lowest BCUT2D eigenvalue weighted by atomic mass is 9.98. The molecule has 0 aromatic heterocycles. The quantitative estimate of drug-likeness (QED) is 0.0451. The van der Waals surface area contributed by atoms with E-state index in [9.17, 15) is 4.79 Å². The van der Waals surface area contributed by atoms with Gasteiger partial charge in [-0.1, -0.05) is 450 Å². The number of aliphatic hydroxyl groups excluding tert-OH is 2. The molecule has 0 spiro atoms. The number of thiocarbonyl (C=S) groups is 1. The molecule has 0 unspecified atom stereocenters. The van der Waals surface area contributed by atoms with Crippen LogP contribution in [0.25, 0.3) is 0 Å². The highest BCUT2D eigenvalue weighted by Crippen LogP contribution is 2.18. The zero-order chi connectivity index (χ0) is 96.6. The van der Waals surface area contributed by atoms with Crippen LogP contribution < -0.4 is 11.5 Å². The molecule has 0 aliphatic rings. The van der Waals surface area contributed by atoms with Crippen LogP contribution in [0.4, 0.5) is 0 Å². The van der Waals surface area contributed by atoms with Gasteiger partial charge >= 0.3 is 0 Å². The number of allylic oxidation sites excluding steroid dienone is 12. The maximum atomic E-state index is 10.8. The van der Waals surface area contributed by atoms with Crippen molar-refractivity contribution in [1.29, 1.82) is 5.41 Å². The van der Waals surface area contributed by atoms with Gasteiger partial charge in [-0.3, -0.25) is 4.79 Å². The monoisotopic (exact) mass is 1610 g/mol. The molecule has 0 rings (SSSR count). The Labute approximate surface area is 716 Å². The Morgan fingerprint density at radius 2 is 0.380 bits per heavy atom. The normalized spacial score (nSPS) is 7.69. The first kappa shape index (κ1) is 187. The number of ketones is 1. The molecule has 0 saturated heterocycles. The molecule has 0 aliphatic carbocycles. The fourth-order valence-corrected chi connectivity index (χ4v) is 5.46. The average molecular weight is 1610 g/mol. The number of Topliss-reactive ketones (excluding diaryl/α,β-unsaturated/α-hetero) is 1. The van der Waals surface area contributed by atoms with E-state index in [0.29, 0.717) is 64.6 Å². The van der Waals surface area contributed by atoms with Crippen LogP contribution in [0, 0.1) is 76.4 Å². The summed E-state index contributed by atoms with van der Waals surface area (Å²) in [4.78, 5) is 14.5. The first-order valence-electron chi connectivity index (χ1n) is 45.0. The molecular formula is C99H237N3O3S3. The highest BCUT2D eigenvalue weighted by molar-refractivity contribution is 7.84. The molecule has 7 N–H and O–H groups in total. The number of nitrogens with one attached hydrogen (secondary N) is 1. The molecule has 0 fully saturated rings. The fourth-order valence-electron chi connectivity index (χ4n) is 5.46. The Morgan fingerprint density at radius 1 is 0.241 bits per heavy atom. The molecule has 0 heterocycles. The molecule has 0 aromatic carbocycles. The second-order valence-corrected chi connectivity index (χ2v) is 25.0. The topological polar surface area (TPSA) is 133 Å². The molecular weight excluding hydrogens is 1380 g/mol. The highest BCUT2D eigenvalue weighted by atomic mass is 32.1. The van der Waals surface area contributed by atoms with Gasteiger partial charge in [-0.25, -0.2) is 0 Å². The second-order valence-electron chi connectivity index (χ2n) is 23.6. The van der Waals surface area contributed by atoms with Crippen molar-refractivity contribution in [1.82, 2.24) is 0 Å². The van der Waals surface area contributed by atoms with Gasteiger partial charge in [0.15, 0.2) is 0 Å². The summed E-state index contributed by atoms with van der Waals surface area (Å²) in [6.45, 7) is 146. The van der Waals surface area contributed by atoms with Gasteiger partial charge in [-0.05, 0) is 156 Å². The summed E-state index contributed by atoms with van der Waals surface area (Å²) in [6, 6.07) is 0. The largest absolute Gasteiger partial charge is 0.512 e. The smallest absolute Gasteiger partial charge is 0.137 e. The molecule has 0 aromatic rings. The summed E-state index contributed by atoms with van der Waals surface area (Å²) in [5.74, 6) is 6.52. The standard InChI is InChI=1S/3C7H15N.3C7H14O.3C7H14S.18C2H6/c9*1-5(2)7(8)6(3)4;18*1-2/h2*5H,8H2,1-4H3;5-6,8H,1-4H3;2*5,8H,1-4H3;5-6H,1-4H3;2*5,8H,1-4H3;5-6H,1-4H3;18*1-2H3. The molecule has 0 bridgehead atoms. The Balaban J connectivity index is -0.0000000259. The van der Waals surface area contributed by atoms with Gasteiger partial charge in [0.1, 0.15) is 5.78 Å². The van der Waals surface area contributed by atoms with Gasteiger partial charge in [-0.15, -0.1) is 25.3 Å². The van der Waals surface area contributed by atoms with E-state index < -0.39 is 0 Å². The molecule has 9 heteroatoms. The molecule has 0 atom stereocenters. The van der Waals surface area contributed by atoms with Crippen LogP contribution in [0.1, 0.15) is 499 Å². The number of hydrogen-bond donors (Lipinski definition) is 7. The maximum absolute atomic E-state index is 10.8. The van der Waals surface area contributed by atoms with Crippen molar-refractivity contribution >= 4 is 53.8 Å². The van der Waals surface area contributed by atoms with Gasteiger partial charge in [0.05, 0.1) is 11.5 Å². The van der Waals surface area contributed by atoms with Gasteiger partial charge < -0.3 is 27.1 Å². The van der Waals surface area contributed by atoms with E-state index in [2.05, 4.69) is 164 Å². The minimum Gasteiger partial charge on any atom is -0.512 e. The zero-order valence-electron chi connectivity index (χ0n) is 90.7. The van der Waals surface area contributed by atoms with Gasteiger partial charge in [0.25, 0.3) is 0 Å². The van der Waals surface area contributed by atoms with Crippen molar-refractivity contribution in [3.63, 3.8) is 0 Å². The Bertz CT molecular complexity index is 1300. The fraction of sp³-hybridized carbons (Fsp3) is 0.848. The van der Waals surface area contributed by atoms with Crippen LogP contribution in [0.2, 0.25) is 0 Å². The van der Waals surface area contributed by atoms with Crippen LogP contribution in [-0.2, 0) is 4.79 Å². The van der Waals surface area contributed by atoms with Gasteiger partial charge in [0, 0.05) is 40.8 Å². The van der Waals surface area contributed by atoms with E-state index in [4.69, 9.17) is 39.3 Å². The third kappa shape index (κ3) is 225. The summed E-state index contributed by atoms with van der Waals surface area (Å²) in [7, 11) is 0. The molecule has 0 radical (unpaired) electrons. The number of aliphatic hydroxyl groups is 2. The summed E-state index contributed by atoms with van der Waals surface area (Å²) in [5, 5.41) is 25.6. The first-order valence-corrected chi connectivity index (χ1v) is 46.3. The lowest BCUT2D eigenvalue weighted by Crippen LogP contribution is -2.13. The van der Waals surface area contributed by atoms with Crippen molar-refractivity contribution in [3.8, 4) is 0 Å². The van der Waals surface area contributed by atoms with E-state index >= 15 is 0 Å². The minimum atomic E-state index is 0.204. The number of carbonyl (C=O) groups excluding carboxylic acids is 1. The Morgan fingerprint density at radius 3 is 0.380 bits per heavy atom. The lowest BCUT2D eigenvalue weighted by Gasteiger charge is -2.09. The van der Waals surface area contributed by atoms with Crippen LogP contribution in [0.15, 0.2) is 66.2 Å². The van der Waals surface area contributed by atoms with E-state index in [1.165, 1.54) is 37.0 Å². The van der Waals surface area contributed by atoms with Crippen molar-refractivity contribution in [2.75, 3.05) is 0 Å². The highest BCUT2D eigenvalue weighted by Gasteiger charge is 2.10. The third-order valence-corrected chi connectivity index (χ3v) is 13.0. The third-order valence-electron chi connectivity index (χ3n) is 10.2. The van der Waals surface area contributed by atoms with Crippen LogP contribution in [-0.4, -0.2) is 26.6 Å². The van der Waals surface area contributed by atoms with Crippen molar-refractivity contribution in [2.24, 2.45) is 82.5 Å². The van der Waals surface area contributed by atoms with E-state index in [0.717, 1.165) is 28.3 Å². The van der Waals surface area contributed by atoms with Crippen LogP contribution in [0.3, 0.4) is 0 Å². The van der Waals surface area contributed by atoms with Crippen molar-refractivity contribution in [2.45, 2.75) is 499 Å². The molecule has 684 valence electrons. The summed E-state index contributed by atoms with van der Waals surface area (Å²) >= 11 is 13.7. The van der Waals surface area contributed by atoms with E-state index in [-0.39, 0.29) is 23.7 Å². The van der Waals surface area contributed by atoms with Crippen LogP contribution >= 0.6 is 37.5 Å². The van der Waals surface area contributed by atoms with E-state index in [1.807, 2.05) is 360 Å². The number of nitrogens with two attached hydrogens (primary N) is 2. The van der Waals surface area contributed by atoms with Crippen LogP contribution in [0.5, 0.6) is 0 Å².